The molecule has 24 heavy (non-hydrogen) atoms. The number of hydrogen-bond acceptors (Lipinski definition) is 4. The van der Waals surface area contributed by atoms with Crippen LogP contribution in [0.3, 0.4) is 0 Å². The Bertz CT molecular complexity index is 931. The van der Waals surface area contributed by atoms with Gasteiger partial charge < -0.3 is 15.2 Å². The quantitative estimate of drug-likeness (QED) is 0.810. The number of halogens is 2. The van der Waals surface area contributed by atoms with E-state index in [0.717, 1.165) is 0 Å². The SMILES string of the molecule is [2H]C([2H])([2H])Oc1ccc(C(=O)CC2(O)C(=O)Nc3c(Cl)ccc(Cl)c32)cc1. The van der Waals surface area contributed by atoms with Gasteiger partial charge in [-0.1, -0.05) is 23.2 Å². The van der Waals surface area contributed by atoms with Crippen molar-refractivity contribution in [1.29, 1.82) is 0 Å². The van der Waals surface area contributed by atoms with Gasteiger partial charge in [0.05, 0.1) is 28.3 Å². The first-order chi connectivity index (χ1) is 12.5. The number of ether oxygens (including phenoxy) is 1. The average Bonchev–Trinajstić information content (AvgIpc) is 2.83. The zero-order valence-electron chi connectivity index (χ0n) is 15.1. The molecular weight excluding hydrogens is 353 g/mol. The number of aliphatic hydroxyl groups is 1. The fourth-order valence-corrected chi connectivity index (χ4v) is 3.14. The number of carbonyl (C=O) groups is 2. The van der Waals surface area contributed by atoms with Gasteiger partial charge in [0.25, 0.3) is 5.91 Å². The molecule has 1 aliphatic heterocycles. The molecule has 5 nitrogen and oxygen atoms in total. The summed E-state index contributed by atoms with van der Waals surface area (Å²) in [5.41, 5.74) is -1.77. The largest absolute Gasteiger partial charge is 0.497 e. The van der Waals surface area contributed by atoms with Crippen LogP contribution in [0.15, 0.2) is 36.4 Å². The molecule has 1 heterocycles. The molecule has 7 heteroatoms. The summed E-state index contributed by atoms with van der Waals surface area (Å²) in [6.07, 6.45) is -0.564. The lowest BCUT2D eigenvalue weighted by Gasteiger charge is -2.21. The lowest BCUT2D eigenvalue weighted by atomic mass is 9.88. The monoisotopic (exact) mass is 368 g/mol. The second-order valence-corrected chi connectivity index (χ2v) is 6.13. The first-order valence-electron chi connectivity index (χ1n) is 8.36. The van der Waals surface area contributed by atoms with Crippen LogP contribution in [0, 0.1) is 0 Å². The number of fused-ring (bicyclic) bond motifs is 1. The summed E-state index contributed by atoms with van der Waals surface area (Å²) < 4.78 is 25.9. The van der Waals surface area contributed by atoms with Crippen LogP contribution < -0.4 is 10.1 Å². The van der Waals surface area contributed by atoms with Crippen molar-refractivity contribution < 1.29 is 23.5 Å². The predicted molar refractivity (Wildman–Crippen MR) is 90.9 cm³/mol. The Morgan fingerprint density at radius 1 is 1.25 bits per heavy atom. The molecule has 2 aromatic carbocycles. The molecule has 124 valence electrons. The molecule has 2 N–H and O–H groups in total. The summed E-state index contributed by atoms with van der Waals surface area (Å²) in [5, 5.41) is 13.6. The van der Waals surface area contributed by atoms with Gasteiger partial charge in [-0.05, 0) is 36.4 Å². The van der Waals surface area contributed by atoms with E-state index in [2.05, 4.69) is 5.32 Å². The zero-order valence-corrected chi connectivity index (χ0v) is 13.6. The van der Waals surface area contributed by atoms with Crippen molar-refractivity contribution in [3.8, 4) is 5.75 Å². The normalized spacial score (nSPS) is 21.3. The summed E-state index contributed by atoms with van der Waals surface area (Å²) in [6.45, 7) is 0. The van der Waals surface area contributed by atoms with Crippen LogP contribution in [0.1, 0.15) is 26.5 Å². The van der Waals surface area contributed by atoms with Gasteiger partial charge in [-0.3, -0.25) is 9.59 Å². The van der Waals surface area contributed by atoms with E-state index in [1.54, 1.807) is 0 Å². The predicted octanol–water partition coefficient (Wildman–Crippen LogP) is 3.41. The van der Waals surface area contributed by atoms with Gasteiger partial charge in [0.2, 0.25) is 0 Å². The van der Waals surface area contributed by atoms with E-state index in [1.165, 1.54) is 36.4 Å². The molecule has 0 saturated heterocycles. The Balaban J connectivity index is 1.87. The van der Waals surface area contributed by atoms with Gasteiger partial charge in [-0.25, -0.2) is 0 Å². The van der Waals surface area contributed by atoms with Crippen LogP contribution in [0.25, 0.3) is 0 Å². The minimum absolute atomic E-state index is 0.0531. The van der Waals surface area contributed by atoms with E-state index in [-0.39, 0.29) is 32.6 Å². The lowest BCUT2D eigenvalue weighted by molar-refractivity contribution is -0.133. The molecule has 0 radical (unpaired) electrons. The van der Waals surface area contributed by atoms with Gasteiger partial charge in [-0.15, -0.1) is 0 Å². The highest BCUT2D eigenvalue weighted by molar-refractivity contribution is 6.38. The third-order valence-corrected chi connectivity index (χ3v) is 4.47. The maximum atomic E-state index is 12.6. The van der Waals surface area contributed by atoms with Crippen LogP contribution in [-0.2, 0) is 10.4 Å². The van der Waals surface area contributed by atoms with Crippen molar-refractivity contribution in [1.82, 2.24) is 0 Å². The molecule has 1 aliphatic rings. The highest BCUT2D eigenvalue weighted by Gasteiger charge is 2.49. The van der Waals surface area contributed by atoms with Crippen molar-refractivity contribution >= 4 is 40.6 Å². The van der Waals surface area contributed by atoms with E-state index < -0.39 is 30.8 Å². The van der Waals surface area contributed by atoms with E-state index in [0.29, 0.717) is 0 Å². The minimum atomic E-state index is -2.61. The van der Waals surface area contributed by atoms with Crippen molar-refractivity contribution in [2.75, 3.05) is 12.4 Å². The summed E-state index contributed by atoms with van der Waals surface area (Å²) in [4.78, 5) is 24.9. The van der Waals surface area contributed by atoms with E-state index in [9.17, 15) is 14.7 Å². The topological polar surface area (TPSA) is 75.6 Å². The van der Waals surface area contributed by atoms with E-state index >= 15 is 0 Å². The number of hydrogen-bond donors (Lipinski definition) is 2. The number of rotatable bonds is 4. The molecule has 0 saturated carbocycles. The number of benzene rings is 2. The molecular formula is C17H13Cl2NO4. The van der Waals surface area contributed by atoms with Crippen molar-refractivity contribution in [3.05, 3.63) is 57.6 Å². The lowest BCUT2D eigenvalue weighted by Crippen LogP contribution is -2.36. The molecule has 0 aromatic heterocycles. The Morgan fingerprint density at radius 3 is 2.58 bits per heavy atom. The second-order valence-electron chi connectivity index (χ2n) is 5.32. The Morgan fingerprint density at radius 2 is 1.92 bits per heavy atom. The highest BCUT2D eigenvalue weighted by Crippen LogP contribution is 2.46. The van der Waals surface area contributed by atoms with Gasteiger partial charge in [0, 0.05) is 16.1 Å². The van der Waals surface area contributed by atoms with Crippen molar-refractivity contribution in [2.45, 2.75) is 12.0 Å². The number of anilines is 1. The van der Waals surface area contributed by atoms with Crippen molar-refractivity contribution in [3.63, 3.8) is 0 Å². The van der Waals surface area contributed by atoms with Crippen LogP contribution in [-0.4, -0.2) is 23.8 Å². The first-order valence-corrected chi connectivity index (χ1v) is 7.61. The van der Waals surface area contributed by atoms with E-state index in [4.69, 9.17) is 32.1 Å². The molecule has 0 bridgehead atoms. The number of carbonyl (C=O) groups excluding carboxylic acids is 2. The summed E-state index contributed by atoms with van der Waals surface area (Å²) >= 11 is 12.1. The van der Waals surface area contributed by atoms with Crippen LogP contribution in [0.5, 0.6) is 5.75 Å². The Hall–Kier alpha value is -2.08. The molecule has 2 aromatic rings. The third kappa shape index (κ3) is 2.65. The molecule has 3 rings (SSSR count). The molecule has 1 unspecified atom stereocenters. The number of Topliss-reactive ketones (excluding diaryl/α,β-unsaturated/α-hetero) is 1. The number of ketones is 1. The second kappa shape index (κ2) is 6.09. The molecule has 0 fully saturated rings. The number of nitrogens with one attached hydrogen (secondary N) is 1. The van der Waals surface area contributed by atoms with Crippen LogP contribution >= 0.6 is 23.2 Å². The smallest absolute Gasteiger partial charge is 0.261 e. The summed E-state index contributed by atoms with van der Waals surface area (Å²) in [6, 6.07) is 8.23. The first kappa shape index (κ1) is 13.2. The van der Waals surface area contributed by atoms with Gasteiger partial charge in [0.1, 0.15) is 5.75 Å². The van der Waals surface area contributed by atoms with Gasteiger partial charge in [0.15, 0.2) is 11.4 Å². The van der Waals surface area contributed by atoms with E-state index in [1.807, 2.05) is 0 Å². The van der Waals surface area contributed by atoms with Crippen molar-refractivity contribution in [2.24, 2.45) is 0 Å². The van der Waals surface area contributed by atoms with Crippen LogP contribution in [0.4, 0.5) is 5.69 Å². The molecule has 1 atom stereocenters. The maximum Gasteiger partial charge on any atom is 0.261 e. The fraction of sp³-hybridized carbons (Fsp3) is 0.176. The number of amides is 1. The minimum Gasteiger partial charge on any atom is -0.497 e. The summed E-state index contributed by atoms with van der Waals surface area (Å²) in [7, 11) is -2.61. The molecule has 0 aliphatic carbocycles. The fourth-order valence-electron chi connectivity index (χ4n) is 2.62. The average molecular weight is 369 g/mol. The summed E-state index contributed by atoms with van der Waals surface area (Å²) in [5.74, 6) is -1.29. The Kier molecular flexibility index (Phi) is 3.36. The van der Waals surface area contributed by atoms with Gasteiger partial charge >= 0.3 is 0 Å². The molecule has 1 amide bonds. The maximum absolute atomic E-state index is 12.6. The van der Waals surface area contributed by atoms with Crippen LogP contribution in [0.2, 0.25) is 10.0 Å². The highest BCUT2D eigenvalue weighted by atomic mass is 35.5. The number of methoxy groups -OCH3 is 1. The van der Waals surface area contributed by atoms with Gasteiger partial charge in [-0.2, -0.15) is 0 Å². The zero-order chi connectivity index (χ0) is 20.0. The third-order valence-electron chi connectivity index (χ3n) is 3.84. The Labute approximate surface area is 152 Å². The molecule has 0 spiro atoms. The standard InChI is InChI=1S/C17H13Cl2NO4/c1-24-10-4-2-9(3-5-10)13(21)8-17(23)14-11(18)6-7-12(19)15(14)20-16(17)22/h2-7,23H,8H2,1H3,(H,20,22)/i1D3.